The predicted octanol–water partition coefficient (Wildman–Crippen LogP) is 0.929. The van der Waals surface area contributed by atoms with Crippen molar-refractivity contribution in [2.24, 2.45) is 0 Å². The van der Waals surface area contributed by atoms with Crippen LogP contribution in [0.25, 0.3) is 11.0 Å². The van der Waals surface area contributed by atoms with Gasteiger partial charge >= 0.3 is 0 Å². The van der Waals surface area contributed by atoms with Crippen LogP contribution in [0.3, 0.4) is 0 Å². The molecule has 0 saturated carbocycles. The number of aromatic nitrogens is 3. The van der Waals surface area contributed by atoms with Crippen LogP contribution in [-0.2, 0) is 9.84 Å². The molecular weight excluding hydrogens is 304 g/mol. The van der Waals surface area contributed by atoms with Crippen molar-refractivity contribution >= 4 is 26.8 Å². The molecule has 3 heterocycles. The van der Waals surface area contributed by atoms with Crippen molar-refractivity contribution < 1.29 is 13.2 Å². The summed E-state index contributed by atoms with van der Waals surface area (Å²) in [5.41, 5.74) is 0.442. The molecule has 1 saturated heterocycles. The lowest BCUT2D eigenvalue weighted by molar-refractivity contribution is 0.0917. The monoisotopic (exact) mass is 322 g/mol. The van der Waals surface area contributed by atoms with Crippen molar-refractivity contribution in [1.82, 2.24) is 20.1 Å². The number of rotatable bonds is 3. The molecule has 1 aliphatic rings. The highest BCUT2D eigenvalue weighted by atomic mass is 32.2. The molecule has 0 aromatic carbocycles. The zero-order valence-electron chi connectivity index (χ0n) is 12.7. The molecule has 0 aliphatic carbocycles. The second-order valence-corrected chi connectivity index (χ2v) is 8.43. The molecule has 1 amide bonds. The average Bonchev–Trinajstić information content (AvgIpc) is 2.78. The van der Waals surface area contributed by atoms with Crippen molar-refractivity contribution in [2.45, 2.75) is 32.4 Å². The van der Waals surface area contributed by atoms with Gasteiger partial charge in [-0.05, 0) is 26.8 Å². The Labute approximate surface area is 128 Å². The highest BCUT2D eigenvalue weighted by Gasteiger charge is 2.45. The maximum absolute atomic E-state index is 12.3. The number of fused-ring (bicyclic) bond motifs is 1. The van der Waals surface area contributed by atoms with Crippen LogP contribution in [-0.4, -0.2) is 46.1 Å². The van der Waals surface area contributed by atoms with Crippen molar-refractivity contribution in [3.8, 4) is 0 Å². The van der Waals surface area contributed by atoms with E-state index in [4.69, 9.17) is 0 Å². The zero-order valence-corrected chi connectivity index (χ0v) is 13.5. The van der Waals surface area contributed by atoms with Crippen molar-refractivity contribution in [1.29, 1.82) is 0 Å². The normalized spacial score (nSPS) is 19.1. The topological polar surface area (TPSA) is 94.0 Å². The van der Waals surface area contributed by atoms with E-state index < -0.39 is 15.4 Å². The van der Waals surface area contributed by atoms with Gasteiger partial charge in [-0.25, -0.2) is 18.1 Å². The Morgan fingerprint density at radius 2 is 2.05 bits per heavy atom. The third-order valence-electron chi connectivity index (χ3n) is 3.68. The number of carbonyl (C=O) groups excluding carboxylic acids is 1. The quantitative estimate of drug-likeness (QED) is 0.907. The smallest absolute Gasteiger partial charge is 0.253 e. The van der Waals surface area contributed by atoms with E-state index in [9.17, 15) is 13.2 Å². The maximum atomic E-state index is 12.3. The summed E-state index contributed by atoms with van der Waals surface area (Å²) >= 11 is 0. The van der Waals surface area contributed by atoms with Crippen LogP contribution in [0.4, 0.5) is 0 Å². The van der Waals surface area contributed by atoms with E-state index in [1.54, 1.807) is 23.9 Å². The van der Waals surface area contributed by atoms with Gasteiger partial charge in [-0.2, -0.15) is 5.10 Å². The number of nitrogens with one attached hydrogen (secondary N) is 1. The van der Waals surface area contributed by atoms with Crippen LogP contribution >= 0.6 is 0 Å². The number of carbonyl (C=O) groups is 1. The van der Waals surface area contributed by atoms with Crippen LogP contribution in [0, 0.1) is 0 Å². The largest absolute Gasteiger partial charge is 0.345 e. The zero-order chi connectivity index (χ0) is 16.1. The average molecular weight is 322 g/mol. The number of amides is 1. The number of sulfone groups is 1. The summed E-state index contributed by atoms with van der Waals surface area (Å²) < 4.78 is 24.4. The van der Waals surface area contributed by atoms with Crippen molar-refractivity contribution in [2.75, 3.05) is 11.5 Å². The highest BCUT2D eigenvalue weighted by Crippen LogP contribution is 2.24. The molecule has 7 nitrogen and oxygen atoms in total. The van der Waals surface area contributed by atoms with Crippen LogP contribution in [0.2, 0.25) is 0 Å². The van der Waals surface area contributed by atoms with Gasteiger partial charge in [-0.15, -0.1) is 0 Å². The third kappa shape index (κ3) is 2.58. The Morgan fingerprint density at radius 3 is 2.64 bits per heavy atom. The molecule has 1 aliphatic heterocycles. The number of hydrogen-bond acceptors (Lipinski definition) is 5. The lowest BCUT2D eigenvalue weighted by atomic mass is 10.1. The Morgan fingerprint density at radius 1 is 1.36 bits per heavy atom. The molecule has 8 heteroatoms. The summed E-state index contributed by atoms with van der Waals surface area (Å²) in [7, 11) is -3.00. The first kappa shape index (κ1) is 15.0. The second-order valence-electron chi connectivity index (χ2n) is 6.37. The summed E-state index contributed by atoms with van der Waals surface area (Å²) in [5, 5.41) is 7.82. The molecule has 118 valence electrons. The first-order chi connectivity index (χ1) is 10.2. The molecule has 0 atom stereocenters. The van der Waals surface area contributed by atoms with Gasteiger partial charge in [-0.3, -0.25) is 4.79 Å². The van der Waals surface area contributed by atoms with Gasteiger partial charge in [0, 0.05) is 17.6 Å². The van der Waals surface area contributed by atoms with Crippen LogP contribution in [0.15, 0.2) is 18.5 Å². The van der Waals surface area contributed by atoms with Gasteiger partial charge in [0.1, 0.15) is 0 Å². The Balaban J connectivity index is 1.83. The summed E-state index contributed by atoms with van der Waals surface area (Å²) in [5.74, 6) is -0.358. The second kappa shape index (κ2) is 4.77. The predicted molar refractivity (Wildman–Crippen MR) is 82.4 cm³/mol. The van der Waals surface area contributed by atoms with Crippen molar-refractivity contribution in [3.05, 3.63) is 24.0 Å². The molecule has 2 aromatic rings. The van der Waals surface area contributed by atoms with E-state index in [1.165, 1.54) is 6.20 Å². The molecule has 2 aromatic heterocycles. The van der Waals surface area contributed by atoms with Crippen LogP contribution < -0.4 is 5.32 Å². The van der Waals surface area contributed by atoms with Crippen LogP contribution in [0.1, 0.15) is 37.2 Å². The fourth-order valence-corrected chi connectivity index (χ4v) is 4.79. The molecule has 0 radical (unpaired) electrons. The van der Waals surface area contributed by atoms with E-state index in [0.717, 1.165) is 11.0 Å². The van der Waals surface area contributed by atoms with Crippen LogP contribution in [0.5, 0.6) is 0 Å². The number of nitrogens with zero attached hydrogens (tertiary/aromatic N) is 3. The molecular formula is C14H18N4O3S. The summed E-state index contributed by atoms with van der Waals surface area (Å²) in [6, 6.07) is 1.91. The van der Waals surface area contributed by atoms with Crippen molar-refractivity contribution in [3.63, 3.8) is 0 Å². The standard InChI is InChI=1S/C14H18N4O3S/c1-9(2)18-12-10(6-16-18)4-11(5-15-12)13(19)17-14(3)7-22(20,21)8-14/h4-6,9H,7-8H2,1-3H3,(H,17,19). The van der Waals surface area contributed by atoms with Gasteiger partial charge in [0.2, 0.25) is 0 Å². The number of hydrogen-bond donors (Lipinski definition) is 1. The van der Waals surface area contributed by atoms with Gasteiger partial charge in [0.05, 0.1) is 28.8 Å². The molecule has 3 rings (SSSR count). The third-order valence-corrected chi connectivity index (χ3v) is 5.83. The minimum absolute atomic E-state index is 0.0211. The number of pyridine rings is 1. The van der Waals surface area contributed by atoms with Gasteiger partial charge in [0.15, 0.2) is 15.5 Å². The van der Waals surface area contributed by atoms with Gasteiger partial charge in [-0.1, -0.05) is 0 Å². The summed E-state index contributed by atoms with van der Waals surface area (Å²) in [6.07, 6.45) is 3.17. The first-order valence-corrected chi connectivity index (χ1v) is 8.87. The highest BCUT2D eigenvalue weighted by molar-refractivity contribution is 7.93. The Hall–Kier alpha value is -1.96. The maximum Gasteiger partial charge on any atom is 0.253 e. The molecule has 1 fully saturated rings. The summed E-state index contributed by atoms with van der Waals surface area (Å²) in [6.45, 7) is 5.74. The SMILES string of the molecule is CC(C)n1ncc2cc(C(=O)NC3(C)CS(=O)(=O)C3)cnc21. The van der Waals surface area contributed by atoms with E-state index in [2.05, 4.69) is 15.4 Å². The lowest BCUT2D eigenvalue weighted by Crippen LogP contribution is -2.63. The Kier molecular flexibility index (Phi) is 3.24. The minimum atomic E-state index is -3.00. The fourth-order valence-electron chi connectivity index (χ4n) is 2.79. The molecule has 0 unspecified atom stereocenters. The van der Waals surface area contributed by atoms with Gasteiger partial charge in [0.25, 0.3) is 5.91 Å². The van der Waals surface area contributed by atoms with E-state index >= 15 is 0 Å². The Bertz CT molecular complexity index is 842. The van der Waals surface area contributed by atoms with E-state index in [-0.39, 0.29) is 23.5 Å². The molecule has 1 N–H and O–H groups in total. The molecule has 0 bridgehead atoms. The molecule has 0 spiro atoms. The summed E-state index contributed by atoms with van der Waals surface area (Å²) in [4.78, 5) is 16.6. The minimum Gasteiger partial charge on any atom is -0.345 e. The van der Waals surface area contributed by atoms with Gasteiger partial charge < -0.3 is 5.32 Å². The van der Waals surface area contributed by atoms with E-state index in [1.807, 2.05) is 13.8 Å². The lowest BCUT2D eigenvalue weighted by Gasteiger charge is -2.38. The van der Waals surface area contributed by atoms with E-state index in [0.29, 0.717) is 5.56 Å². The molecule has 22 heavy (non-hydrogen) atoms. The first-order valence-electron chi connectivity index (χ1n) is 7.05. The fraction of sp³-hybridized carbons (Fsp3) is 0.500.